The number of nitrogens with one attached hydrogen (secondary N) is 1. The Kier molecular flexibility index (Phi) is 2.15. The monoisotopic (exact) mass is 313 g/mol. The largest absolute Gasteiger partial charge is 0.251 e. The van der Waals surface area contributed by atoms with Crippen LogP contribution in [-0.4, -0.2) is 0 Å². The lowest BCUT2D eigenvalue weighted by Gasteiger charge is -2.21. The Balaban J connectivity index is 2.07. The van der Waals surface area contributed by atoms with Crippen LogP contribution in [-0.2, 0) is 11.0 Å². The van der Waals surface area contributed by atoms with Gasteiger partial charge in [-0.05, 0) is 42.2 Å². The average molecular weight is 313 g/mol. The fourth-order valence-electron chi connectivity index (χ4n) is 2.42. The van der Waals surface area contributed by atoms with Crippen molar-refractivity contribution in [3.63, 3.8) is 0 Å². The van der Waals surface area contributed by atoms with Crippen LogP contribution >= 0.6 is 22.9 Å². The minimum absolute atomic E-state index is 0.308. The van der Waals surface area contributed by atoms with E-state index in [1.54, 1.807) is 11.1 Å². The molecule has 0 heterocycles. The lowest BCUT2D eigenvalue weighted by atomic mass is 9.89. The van der Waals surface area contributed by atoms with E-state index in [1.807, 2.05) is 0 Å². The molecule has 0 spiro atoms. The van der Waals surface area contributed by atoms with Gasteiger partial charge in [0.2, 0.25) is 0 Å². The highest BCUT2D eigenvalue weighted by molar-refractivity contribution is 14.1. The first-order valence-corrected chi connectivity index (χ1v) is 6.76. The second-order valence-electron chi connectivity index (χ2n) is 5.28. The van der Waals surface area contributed by atoms with Crippen molar-refractivity contribution in [3.05, 3.63) is 35.4 Å². The van der Waals surface area contributed by atoms with Gasteiger partial charge in [-0.2, -0.15) is 0 Å². The summed E-state index contributed by atoms with van der Waals surface area (Å²) in [7, 11) is 0. The standard InChI is InChI=1S/C13H16IN/c1-12(6-7-12)10-4-2-3-5-11(10)13(15-14)8-9-13/h2-5,15H,6-9H2,1H3. The third-order valence-corrected chi connectivity index (χ3v) is 5.06. The second kappa shape index (κ2) is 3.20. The van der Waals surface area contributed by atoms with E-state index in [4.69, 9.17) is 0 Å². The summed E-state index contributed by atoms with van der Waals surface area (Å²) < 4.78 is 3.48. The molecule has 0 atom stereocenters. The second-order valence-corrected chi connectivity index (χ2v) is 5.82. The summed E-state index contributed by atoms with van der Waals surface area (Å²) in [6.07, 6.45) is 5.31. The molecule has 0 aromatic heterocycles. The molecule has 2 heteroatoms. The average Bonchev–Trinajstić information content (AvgIpc) is 3.15. The van der Waals surface area contributed by atoms with Crippen LogP contribution in [0.5, 0.6) is 0 Å². The highest BCUT2D eigenvalue weighted by Gasteiger charge is 2.49. The van der Waals surface area contributed by atoms with E-state index < -0.39 is 0 Å². The van der Waals surface area contributed by atoms with Crippen molar-refractivity contribution < 1.29 is 0 Å². The van der Waals surface area contributed by atoms with Crippen LogP contribution in [0.2, 0.25) is 0 Å². The van der Waals surface area contributed by atoms with Crippen LogP contribution in [0.4, 0.5) is 0 Å². The van der Waals surface area contributed by atoms with Gasteiger partial charge in [-0.3, -0.25) is 3.53 Å². The van der Waals surface area contributed by atoms with Gasteiger partial charge in [0.1, 0.15) is 0 Å². The topological polar surface area (TPSA) is 12.0 Å². The molecule has 2 aliphatic rings. The van der Waals surface area contributed by atoms with E-state index >= 15 is 0 Å². The molecule has 1 nitrogen and oxygen atoms in total. The Morgan fingerprint density at radius 2 is 1.67 bits per heavy atom. The molecular formula is C13H16IN. The van der Waals surface area contributed by atoms with Crippen LogP contribution in [0.15, 0.2) is 24.3 Å². The quantitative estimate of drug-likeness (QED) is 0.663. The fourth-order valence-corrected chi connectivity index (χ4v) is 3.25. The fraction of sp³-hybridized carbons (Fsp3) is 0.538. The van der Waals surface area contributed by atoms with Gasteiger partial charge in [-0.1, -0.05) is 31.2 Å². The van der Waals surface area contributed by atoms with Crippen molar-refractivity contribution in [3.8, 4) is 0 Å². The maximum Gasteiger partial charge on any atom is 0.0528 e. The van der Waals surface area contributed by atoms with Gasteiger partial charge in [-0.15, -0.1) is 0 Å². The third-order valence-electron chi connectivity index (χ3n) is 4.02. The van der Waals surface area contributed by atoms with Gasteiger partial charge in [0.25, 0.3) is 0 Å². The minimum atomic E-state index is 0.308. The van der Waals surface area contributed by atoms with E-state index in [2.05, 4.69) is 57.6 Å². The molecule has 3 rings (SSSR count). The molecular weight excluding hydrogens is 297 g/mol. The Labute approximate surface area is 105 Å². The van der Waals surface area contributed by atoms with E-state index in [0.29, 0.717) is 11.0 Å². The number of benzene rings is 1. The molecule has 0 saturated heterocycles. The lowest BCUT2D eigenvalue weighted by molar-refractivity contribution is 0.662. The number of rotatable bonds is 3. The molecule has 15 heavy (non-hydrogen) atoms. The molecule has 80 valence electrons. The first-order chi connectivity index (χ1) is 7.20. The number of hydrogen-bond donors (Lipinski definition) is 1. The normalized spacial score (nSPS) is 24.9. The van der Waals surface area contributed by atoms with Crippen molar-refractivity contribution in [2.45, 2.75) is 43.6 Å². The molecule has 0 bridgehead atoms. The van der Waals surface area contributed by atoms with E-state index in [0.717, 1.165) is 0 Å². The van der Waals surface area contributed by atoms with Crippen molar-refractivity contribution >= 4 is 22.9 Å². The van der Waals surface area contributed by atoms with Crippen molar-refractivity contribution in [1.82, 2.24) is 3.53 Å². The zero-order valence-corrected chi connectivity index (χ0v) is 11.2. The number of hydrogen-bond acceptors (Lipinski definition) is 1. The van der Waals surface area contributed by atoms with Crippen LogP contribution in [0.1, 0.15) is 43.7 Å². The summed E-state index contributed by atoms with van der Waals surface area (Å²) in [5.74, 6) is 0. The van der Waals surface area contributed by atoms with Gasteiger partial charge >= 0.3 is 0 Å². The lowest BCUT2D eigenvalue weighted by Crippen LogP contribution is -2.22. The van der Waals surface area contributed by atoms with E-state index in [-0.39, 0.29) is 0 Å². The molecule has 1 N–H and O–H groups in total. The van der Waals surface area contributed by atoms with E-state index in [1.165, 1.54) is 25.7 Å². The van der Waals surface area contributed by atoms with Gasteiger partial charge in [0.15, 0.2) is 0 Å². The Bertz CT molecular complexity index is 391. The summed E-state index contributed by atoms with van der Waals surface area (Å²) in [5, 5.41) is 0. The van der Waals surface area contributed by atoms with Crippen LogP contribution in [0, 0.1) is 0 Å². The zero-order chi connectivity index (χ0) is 10.5. The van der Waals surface area contributed by atoms with E-state index in [9.17, 15) is 0 Å². The van der Waals surface area contributed by atoms with Crippen molar-refractivity contribution in [2.75, 3.05) is 0 Å². The maximum absolute atomic E-state index is 3.48. The predicted molar refractivity (Wildman–Crippen MR) is 71.1 cm³/mol. The molecule has 2 saturated carbocycles. The first-order valence-electron chi connectivity index (χ1n) is 5.68. The summed E-state index contributed by atoms with van der Waals surface area (Å²) >= 11 is 2.31. The zero-order valence-electron chi connectivity index (χ0n) is 9.02. The van der Waals surface area contributed by atoms with Crippen LogP contribution < -0.4 is 3.53 Å². The molecule has 1 aromatic rings. The summed E-state index contributed by atoms with van der Waals surface area (Å²) in [5.41, 5.74) is 3.94. The Morgan fingerprint density at radius 3 is 2.13 bits per heavy atom. The van der Waals surface area contributed by atoms with Crippen molar-refractivity contribution in [2.24, 2.45) is 0 Å². The van der Waals surface area contributed by atoms with Crippen LogP contribution in [0.25, 0.3) is 0 Å². The molecule has 0 radical (unpaired) electrons. The van der Waals surface area contributed by atoms with Gasteiger partial charge in [-0.25, -0.2) is 0 Å². The molecule has 0 amide bonds. The third kappa shape index (κ3) is 1.53. The highest BCUT2D eigenvalue weighted by atomic mass is 127. The maximum atomic E-state index is 3.48. The predicted octanol–water partition coefficient (Wildman–Crippen LogP) is 3.67. The van der Waals surface area contributed by atoms with Crippen LogP contribution in [0.3, 0.4) is 0 Å². The Hall–Kier alpha value is -0.0900. The summed E-state index contributed by atoms with van der Waals surface area (Å²) in [6.45, 7) is 2.40. The van der Waals surface area contributed by atoms with Gasteiger partial charge < -0.3 is 0 Å². The minimum Gasteiger partial charge on any atom is -0.251 e. The molecule has 2 fully saturated rings. The van der Waals surface area contributed by atoms with Gasteiger partial charge in [0.05, 0.1) is 5.54 Å². The summed E-state index contributed by atoms with van der Waals surface area (Å²) in [4.78, 5) is 0. The van der Waals surface area contributed by atoms with Gasteiger partial charge in [0, 0.05) is 22.9 Å². The van der Waals surface area contributed by atoms with Crippen molar-refractivity contribution in [1.29, 1.82) is 0 Å². The molecule has 1 aromatic carbocycles. The molecule has 0 aliphatic heterocycles. The first kappa shape index (κ1) is 10.1. The Morgan fingerprint density at radius 1 is 1.07 bits per heavy atom. The molecule has 0 unspecified atom stereocenters. The number of halogens is 1. The summed E-state index contributed by atoms with van der Waals surface area (Å²) in [6, 6.07) is 9.01. The smallest absolute Gasteiger partial charge is 0.0528 e. The highest BCUT2D eigenvalue weighted by Crippen LogP contribution is 2.55. The SMILES string of the molecule is CC1(c2ccccc2C2(NI)CC2)CC1. The molecule has 2 aliphatic carbocycles.